The summed E-state index contributed by atoms with van der Waals surface area (Å²) in [6, 6.07) is 10.1. The Morgan fingerprint density at radius 2 is 2.00 bits per heavy atom. The number of likely N-dealkylation sites (tertiary alicyclic amines) is 1. The molecular weight excluding hydrogens is 469 g/mol. The fraction of sp³-hybridized carbons (Fsp3) is 0.667. The first-order valence-corrected chi connectivity index (χ1v) is 10.3. The third-order valence-corrected chi connectivity index (χ3v) is 4.95. The molecule has 1 N–H and O–H groups in total. The molecule has 158 valence electrons. The van der Waals surface area contributed by atoms with E-state index in [1.807, 2.05) is 30.3 Å². The average molecular weight is 503 g/mol. The van der Waals surface area contributed by atoms with Crippen LogP contribution in [-0.4, -0.2) is 69.1 Å². The van der Waals surface area contributed by atoms with E-state index in [0.717, 1.165) is 63.6 Å². The molecule has 1 aromatic rings. The van der Waals surface area contributed by atoms with Crippen LogP contribution in [0, 0.1) is 0 Å². The molecule has 0 aromatic heterocycles. The average Bonchev–Trinajstić information content (AvgIpc) is 3.22. The number of aliphatic imine (C=N–C) groups is 1. The highest BCUT2D eigenvalue weighted by atomic mass is 127. The fourth-order valence-electron chi connectivity index (χ4n) is 3.51. The lowest BCUT2D eigenvalue weighted by atomic mass is 10.1. The molecular formula is C21H34IN3O3. The number of nitrogens with zero attached hydrogens (tertiary/aromatic N) is 2. The summed E-state index contributed by atoms with van der Waals surface area (Å²) in [5.41, 5.74) is 0. The Bertz CT molecular complexity index is 559. The van der Waals surface area contributed by atoms with E-state index in [1.165, 1.54) is 0 Å². The highest BCUT2D eigenvalue weighted by Crippen LogP contribution is 2.18. The third-order valence-electron chi connectivity index (χ3n) is 4.95. The second-order valence-corrected chi connectivity index (χ2v) is 7.06. The van der Waals surface area contributed by atoms with Crippen LogP contribution in [0.2, 0.25) is 0 Å². The first kappa shape index (κ1) is 23.2. The second-order valence-electron chi connectivity index (χ2n) is 7.06. The predicted octanol–water partition coefficient (Wildman–Crippen LogP) is 3.31. The zero-order chi connectivity index (χ0) is 18.7. The number of halogens is 1. The number of nitrogens with one attached hydrogen (secondary N) is 1. The summed E-state index contributed by atoms with van der Waals surface area (Å²) in [5, 5.41) is 3.40. The molecule has 0 saturated carbocycles. The Balaban J connectivity index is 0.00000280. The lowest BCUT2D eigenvalue weighted by molar-refractivity contribution is 0.0199. The molecule has 2 heterocycles. The Hall–Kier alpha value is -1.06. The molecule has 28 heavy (non-hydrogen) atoms. The molecule has 0 spiro atoms. The van der Waals surface area contributed by atoms with Gasteiger partial charge in [0, 0.05) is 39.1 Å². The molecule has 0 amide bonds. The molecule has 3 rings (SSSR count). The first-order valence-electron chi connectivity index (χ1n) is 10.3. The van der Waals surface area contributed by atoms with Gasteiger partial charge in [-0.25, -0.2) is 0 Å². The van der Waals surface area contributed by atoms with E-state index < -0.39 is 0 Å². The molecule has 2 aliphatic rings. The Labute approximate surface area is 186 Å². The summed E-state index contributed by atoms with van der Waals surface area (Å²) >= 11 is 0. The lowest BCUT2D eigenvalue weighted by Crippen LogP contribution is -2.47. The normalized spacial score (nSPS) is 20.7. The molecule has 1 unspecified atom stereocenters. The van der Waals surface area contributed by atoms with Crippen molar-refractivity contribution < 1.29 is 14.2 Å². The van der Waals surface area contributed by atoms with Crippen molar-refractivity contribution in [3.8, 4) is 5.75 Å². The molecule has 2 fully saturated rings. The van der Waals surface area contributed by atoms with Crippen molar-refractivity contribution >= 4 is 29.9 Å². The van der Waals surface area contributed by atoms with Gasteiger partial charge < -0.3 is 24.4 Å². The molecule has 0 aliphatic carbocycles. The number of para-hydroxylation sites is 1. The van der Waals surface area contributed by atoms with Crippen molar-refractivity contribution in [1.29, 1.82) is 0 Å². The van der Waals surface area contributed by atoms with Crippen LogP contribution in [0.3, 0.4) is 0 Å². The number of ether oxygens (including phenoxy) is 3. The SMILES string of the molecule is CCNC(=NCCOCC1CCCO1)N1CCC(Oc2ccccc2)CC1.I. The van der Waals surface area contributed by atoms with Crippen LogP contribution in [-0.2, 0) is 9.47 Å². The van der Waals surface area contributed by atoms with Gasteiger partial charge in [0.2, 0.25) is 0 Å². The van der Waals surface area contributed by atoms with Gasteiger partial charge in [0.15, 0.2) is 5.96 Å². The van der Waals surface area contributed by atoms with E-state index in [9.17, 15) is 0 Å². The summed E-state index contributed by atoms with van der Waals surface area (Å²) in [6.07, 6.45) is 4.85. The fourth-order valence-corrected chi connectivity index (χ4v) is 3.51. The number of guanidine groups is 1. The number of hydrogen-bond acceptors (Lipinski definition) is 4. The van der Waals surface area contributed by atoms with Crippen molar-refractivity contribution in [3.05, 3.63) is 30.3 Å². The van der Waals surface area contributed by atoms with Crippen molar-refractivity contribution in [2.75, 3.05) is 46.0 Å². The van der Waals surface area contributed by atoms with Crippen molar-refractivity contribution in [2.24, 2.45) is 4.99 Å². The highest BCUT2D eigenvalue weighted by molar-refractivity contribution is 14.0. The molecule has 0 radical (unpaired) electrons. The predicted molar refractivity (Wildman–Crippen MR) is 123 cm³/mol. The maximum atomic E-state index is 6.09. The topological polar surface area (TPSA) is 55.3 Å². The Kier molecular flexibility index (Phi) is 11.0. The number of benzene rings is 1. The monoisotopic (exact) mass is 503 g/mol. The van der Waals surface area contributed by atoms with Gasteiger partial charge in [-0.3, -0.25) is 4.99 Å². The maximum absolute atomic E-state index is 6.09. The third kappa shape index (κ3) is 7.75. The quantitative estimate of drug-likeness (QED) is 0.256. The van der Waals surface area contributed by atoms with E-state index in [2.05, 4.69) is 17.1 Å². The lowest BCUT2D eigenvalue weighted by Gasteiger charge is -2.34. The summed E-state index contributed by atoms with van der Waals surface area (Å²) in [6.45, 7) is 7.78. The molecule has 0 bridgehead atoms. The minimum absolute atomic E-state index is 0. The molecule has 2 saturated heterocycles. The minimum atomic E-state index is 0. The van der Waals surface area contributed by atoms with Gasteiger partial charge >= 0.3 is 0 Å². The van der Waals surface area contributed by atoms with Crippen LogP contribution in [0.15, 0.2) is 35.3 Å². The second kappa shape index (κ2) is 13.2. The van der Waals surface area contributed by atoms with Gasteiger partial charge in [-0.15, -0.1) is 24.0 Å². The van der Waals surface area contributed by atoms with E-state index in [1.54, 1.807) is 0 Å². The standard InChI is InChI=1S/C21H33N3O3.HI/c1-2-22-21(23-12-16-25-17-20-9-6-15-26-20)24-13-10-19(11-14-24)27-18-7-4-3-5-8-18;/h3-5,7-8,19-20H,2,6,9-17H2,1H3,(H,22,23);1H. The highest BCUT2D eigenvalue weighted by Gasteiger charge is 2.22. The van der Waals surface area contributed by atoms with Crippen molar-refractivity contribution in [3.63, 3.8) is 0 Å². The van der Waals surface area contributed by atoms with E-state index in [-0.39, 0.29) is 36.2 Å². The van der Waals surface area contributed by atoms with Crippen LogP contribution >= 0.6 is 24.0 Å². The Morgan fingerprint density at radius 1 is 1.21 bits per heavy atom. The van der Waals surface area contributed by atoms with E-state index in [4.69, 9.17) is 19.2 Å². The van der Waals surface area contributed by atoms with Crippen LogP contribution in [0.4, 0.5) is 0 Å². The van der Waals surface area contributed by atoms with Gasteiger partial charge in [0.05, 0.1) is 25.9 Å². The number of rotatable bonds is 8. The molecule has 2 aliphatic heterocycles. The van der Waals surface area contributed by atoms with Crippen molar-refractivity contribution in [2.45, 2.75) is 44.8 Å². The van der Waals surface area contributed by atoms with E-state index >= 15 is 0 Å². The molecule has 1 aromatic carbocycles. The van der Waals surface area contributed by atoms with Crippen LogP contribution in [0.5, 0.6) is 5.75 Å². The summed E-state index contributed by atoms with van der Waals surface area (Å²) in [5.74, 6) is 1.94. The Morgan fingerprint density at radius 3 is 2.68 bits per heavy atom. The minimum Gasteiger partial charge on any atom is -0.490 e. The van der Waals surface area contributed by atoms with Gasteiger partial charge in [0.25, 0.3) is 0 Å². The maximum Gasteiger partial charge on any atom is 0.193 e. The first-order chi connectivity index (χ1) is 13.3. The zero-order valence-electron chi connectivity index (χ0n) is 16.8. The summed E-state index contributed by atoms with van der Waals surface area (Å²) < 4.78 is 17.4. The number of piperidine rings is 1. The largest absolute Gasteiger partial charge is 0.490 e. The van der Waals surface area contributed by atoms with Crippen molar-refractivity contribution in [1.82, 2.24) is 10.2 Å². The number of hydrogen-bond donors (Lipinski definition) is 1. The van der Waals surface area contributed by atoms with E-state index in [0.29, 0.717) is 19.8 Å². The van der Waals surface area contributed by atoms with Gasteiger partial charge in [-0.05, 0) is 31.9 Å². The van der Waals surface area contributed by atoms with Crippen LogP contribution < -0.4 is 10.1 Å². The van der Waals surface area contributed by atoms with Gasteiger partial charge in [-0.2, -0.15) is 0 Å². The molecule has 1 atom stereocenters. The van der Waals surface area contributed by atoms with Crippen LogP contribution in [0.1, 0.15) is 32.6 Å². The summed E-state index contributed by atoms with van der Waals surface area (Å²) in [7, 11) is 0. The van der Waals surface area contributed by atoms with Gasteiger partial charge in [0.1, 0.15) is 11.9 Å². The molecule has 7 heteroatoms. The van der Waals surface area contributed by atoms with Gasteiger partial charge in [-0.1, -0.05) is 18.2 Å². The zero-order valence-corrected chi connectivity index (χ0v) is 19.2. The smallest absolute Gasteiger partial charge is 0.193 e. The molecule has 6 nitrogen and oxygen atoms in total. The van der Waals surface area contributed by atoms with Crippen LogP contribution in [0.25, 0.3) is 0 Å². The summed E-state index contributed by atoms with van der Waals surface area (Å²) in [4.78, 5) is 7.06.